The fourth-order valence-corrected chi connectivity index (χ4v) is 4.42. The first kappa shape index (κ1) is 15.7. The molecule has 2 heterocycles. The van der Waals surface area contributed by atoms with E-state index >= 15 is 0 Å². The van der Waals surface area contributed by atoms with E-state index in [0.29, 0.717) is 5.11 Å². The summed E-state index contributed by atoms with van der Waals surface area (Å²) in [6.07, 6.45) is 0.786. The Hall–Kier alpha value is -1.79. The minimum Gasteiger partial charge on any atom is -0.493 e. The SMILES string of the molecule is COc1cc(Br)cc2c1OC1(C)CC2NC(=S)N1c1ccccc1. The van der Waals surface area contributed by atoms with Gasteiger partial charge in [0.15, 0.2) is 22.3 Å². The molecule has 2 aromatic rings. The van der Waals surface area contributed by atoms with Crippen LogP contribution in [0, 0.1) is 0 Å². The predicted molar refractivity (Wildman–Crippen MR) is 102 cm³/mol. The zero-order valence-corrected chi connectivity index (χ0v) is 15.8. The Kier molecular flexibility index (Phi) is 3.69. The molecule has 0 amide bonds. The van der Waals surface area contributed by atoms with Crippen LogP contribution in [0.4, 0.5) is 5.69 Å². The number of benzene rings is 2. The van der Waals surface area contributed by atoms with E-state index in [0.717, 1.165) is 33.6 Å². The minimum absolute atomic E-state index is 0.0950. The highest BCUT2D eigenvalue weighted by molar-refractivity contribution is 9.10. The maximum Gasteiger partial charge on any atom is 0.188 e. The third kappa shape index (κ3) is 2.36. The molecule has 2 aliphatic heterocycles. The van der Waals surface area contributed by atoms with Crippen LogP contribution >= 0.6 is 28.1 Å². The van der Waals surface area contributed by atoms with Gasteiger partial charge in [0.25, 0.3) is 0 Å². The maximum atomic E-state index is 6.46. The van der Waals surface area contributed by atoms with Gasteiger partial charge in [-0.25, -0.2) is 0 Å². The van der Waals surface area contributed by atoms with Crippen LogP contribution < -0.4 is 19.7 Å². The van der Waals surface area contributed by atoms with Crippen molar-refractivity contribution in [2.45, 2.75) is 25.1 Å². The molecule has 2 unspecified atom stereocenters. The number of halogens is 1. The van der Waals surface area contributed by atoms with Crippen LogP contribution in [-0.4, -0.2) is 17.9 Å². The fourth-order valence-electron chi connectivity index (χ4n) is 3.52. The first-order chi connectivity index (χ1) is 11.5. The van der Waals surface area contributed by atoms with Crippen LogP contribution in [0.25, 0.3) is 0 Å². The normalized spacial score (nSPS) is 24.7. The lowest BCUT2D eigenvalue weighted by Crippen LogP contribution is -2.65. The molecular formula is C18H17BrN2O2S. The van der Waals surface area contributed by atoms with E-state index in [2.05, 4.69) is 34.2 Å². The van der Waals surface area contributed by atoms with Gasteiger partial charge in [-0.3, -0.25) is 4.90 Å². The number of fused-ring (bicyclic) bond motifs is 4. The van der Waals surface area contributed by atoms with E-state index in [-0.39, 0.29) is 6.04 Å². The topological polar surface area (TPSA) is 33.7 Å². The van der Waals surface area contributed by atoms with Gasteiger partial charge in [0.2, 0.25) is 0 Å². The van der Waals surface area contributed by atoms with Crippen molar-refractivity contribution in [1.82, 2.24) is 5.32 Å². The monoisotopic (exact) mass is 404 g/mol. The Morgan fingerprint density at radius 3 is 2.79 bits per heavy atom. The summed E-state index contributed by atoms with van der Waals surface area (Å²) in [5.41, 5.74) is 1.51. The second kappa shape index (κ2) is 5.63. The Labute approximate surface area is 154 Å². The summed E-state index contributed by atoms with van der Waals surface area (Å²) >= 11 is 9.19. The Morgan fingerprint density at radius 1 is 1.33 bits per heavy atom. The van der Waals surface area contributed by atoms with Gasteiger partial charge in [0.05, 0.1) is 13.2 Å². The van der Waals surface area contributed by atoms with Crippen molar-refractivity contribution in [3.8, 4) is 11.5 Å². The quantitative estimate of drug-likeness (QED) is 0.750. The summed E-state index contributed by atoms with van der Waals surface area (Å²) in [6, 6.07) is 14.2. The van der Waals surface area contributed by atoms with Crippen molar-refractivity contribution in [1.29, 1.82) is 0 Å². The molecule has 24 heavy (non-hydrogen) atoms. The van der Waals surface area contributed by atoms with Gasteiger partial charge in [0.1, 0.15) is 0 Å². The number of nitrogens with zero attached hydrogens (tertiary/aromatic N) is 1. The van der Waals surface area contributed by atoms with Gasteiger partial charge in [0, 0.05) is 22.1 Å². The number of ether oxygens (including phenoxy) is 2. The molecule has 0 aliphatic carbocycles. The number of hydrogen-bond acceptors (Lipinski definition) is 3. The molecule has 2 aromatic carbocycles. The molecule has 0 spiro atoms. The van der Waals surface area contributed by atoms with Crippen LogP contribution in [0.15, 0.2) is 46.9 Å². The van der Waals surface area contributed by atoms with Crippen molar-refractivity contribution in [2.75, 3.05) is 12.0 Å². The number of anilines is 1. The standard InChI is InChI=1S/C18H17BrN2O2S/c1-18-10-14(13-8-11(19)9-15(22-2)16(13)23-18)20-17(24)21(18)12-6-4-3-5-7-12/h3-9,14H,10H2,1-2H3,(H,20,24). The van der Waals surface area contributed by atoms with E-state index in [4.69, 9.17) is 21.7 Å². The van der Waals surface area contributed by atoms with Crippen molar-refractivity contribution < 1.29 is 9.47 Å². The van der Waals surface area contributed by atoms with Crippen molar-refractivity contribution in [3.05, 3.63) is 52.5 Å². The molecule has 0 aromatic heterocycles. The second-order valence-corrected chi connectivity index (χ2v) is 7.48. The molecule has 1 fully saturated rings. The first-order valence-electron chi connectivity index (χ1n) is 7.74. The van der Waals surface area contributed by atoms with E-state index in [9.17, 15) is 0 Å². The lowest BCUT2D eigenvalue weighted by atomic mass is 9.90. The van der Waals surface area contributed by atoms with E-state index in [1.54, 1.807) is 7.11 Å². The molecule has 0 radical (unpaired) electrons. The molecule has 0 saturated carbocycles. The highest BCUT2D eigenvalue weighted by atomic mass is 79.9. The van der Waals surface area contributed by atoms with Crippen LogP contribution in [0.2, 0.25) is 0 Å². The maximum absolute atomic E-state index is 6.46. The molecule has 6 heteroatoms. The molecular weight excluding hydrogens is 388 g/mol. The number of methoxy groups -OCH3 is 1. The largest absolute Gasteiger partial charge is 0.493 e. The fraction of sp³-hybridized carbons (Fsp3) is 0.278. The van der Waals surface area contributed by atoms with E-state index in [1.165, 1.54) is 0 Å². The van der Waals surface area contributed by atoms with Crippen LogP contribution in [-0.2, 0) is 0 Å². The Morgan fingerprint density at radius 2 is 2.08 bits per heavy atom. The average Bonchev–Trinajstić information content (AvgIpc) is 2.55. The van der Waals surface area contributed by atoms with Gasteiger partial charge in [-0.05, 0) is 43.4 Å². The summed E-state index contributed by atoms with van der Waals surface area (Å²) < 4.78 is 13.0. The van der Waals surface area contributed by atoms with Crippen LogP contribution in [0.1, 0.15) is 24.9 Å². The predicted octanol–water partition coefficient (Wildman–Crippen LogP) is 4.39. The number of hydrogen-bond donors (Lipinski definition) is 1. The second-order valence-electron chi connectivity index (χ2n) is 6.18. The van der Waals surface area contributed by atoms with Gasteiger partial charge in [-0.2, -0.15) is 0 Å². The molecule has 2 aliphatic rings. The molecule has 4 rings (SSSR count). The zero-order chi connectivity index (χ0) is 16.9. The minimum atomic E-state index is -0.567. The summed E-state index contributed by atoms with van der Waals surface area (Å²) in [5, 5.41) is 4.13. The van der Waals surface area contributed by atoms with Crippen LogP contribution in [0.5, 0.6) is 11.5 Å². The summed E-state index contributed by atoms with van der Waals surface area (Å²) in [4.78, 5) is 2.04. The van der Waals surface area contributed by atoms with Crippen molar-refractivity contribution >= 4 is 38.9 Å². The van der Waals surface area contributed by atoms with Gasteiger partial charge in [-0.15, -0.1) is 0 Å². The van der Waals surface area contributed by atoms with Gasteiger partial charge >= 0.3 is 0 Å². The Balaban J connectivity index is 1.84. The number of para-hydroxylation sites is 1. The van der Waals surface area contributed by atoms with Crippen LogP contribution in [0.3, 0.4) is 0 Å². The number of nitrogens with one attached hydrogen (secondary N) is 1. The number of rotatable bonds is 2. The highest BCUT2D eigenvalue weighted by Gasteiger charge is 2.49. The third-order valence-corrected chi connectivity index (χ3v) is 5.29. The zero-order valence-electron chi connectivity index (χ0n) is 13.4. The lowest BCUT2D eigenvalue weighted by molar-refractivity contribution is 0.0464. The summed E-state index contributed by atoms with van der Waals surface area (Å²) in [5.74, 6) is 1.49. The lowest BCUT2D eigenvalue weighted by Gasteiger charge is -2.52. The first-order valence-corrected chi connectivity index (χ1v) is 8.94. The van der Waals surface area contributed by atoms with Gasteiger partial charge < -0.3 is 14.8 Å². The van der Waals surface area contributed by atoms with Gasteiger partial charge in [-0.1, -0.05) is 34.1 Å². The molecule has 1 saturated heterocycles. The smallest absolute Gasteiger partial charge is 0.188 e. The Bertz CT molecular complexity index is 814. The van der Waals surface area contributed by atoms with Crippen molar-refractivity contribution in [2.24, 2.45) is 0 Å². The highest BCUT2D eigenvalue weighted by Crippen LogP contribution is 2.50. The number of thiocarbonyl (C=S) groups is 1. The molecule has 1 N–H and O–H groups in total. The molecule has 4 nitrogen and oxygen atoms in total. The molecule has 2 bridgehead atoms. The molecule has 2 atom stereocenters. The van der Waals surface area contributed by atoms with Crippen molar-refractivity contribution in [3.63, 3.8) is 0 Å². The molecule has 124 valence electrons. The van der Waals surface area contributed by atoms with E-state index < -0.39 is 5.72 Å². The summed E-state index contributed by atoms with van der Waals surface area (Å²) in [6.45, 7) is 2.07. The summed E-state index contributed by atoms with van der Waals surface area (Å²) in [7, 11) is 1.66. The van der Waals surface area contributed by atoms with E-state index in [1.807, 2.05) is 41.3 Å². The average molecular weight is 405 g/mol. The third-order valence-electron chi connectivity index (χ3n) is 4.54.